The molecule has 0 unspecified atom stereocenters. The predicted molar refractivity (Wildman–Crippen MR) is 153 cm³/mol. The van der Waals surface area contributed by atoms with Crippen molar-refractivity contribution in [3.8, 4) is 5.75 Å². The number of benzene rings is 2. The molecule has 40 heavy (non-hydrogen) atoms. The van der Waals surface area contributed by atoms with Crippen LogP contribution in [0.3, 0.4) is 0 Å². The van der Waals surface area contributed by atoms with Gasteiger partial charge >= 0.3 is 6.03 Å². The molecule has 0 aliphatic carbocycles. The fourth-order valence-electron chi connectivity index (χ4n) is 4.90. The summed E-state index contributed by atoms with van der Waals surface area (Å²) in [5.74, 6) is -0.0141. The molecule has 2 aromatic carbocycles. The first-order valence-electron chi connectivity index (χ1n) is 14.4. The van der Waals surface area contributed by atoms with E-state index in [2.05, 4.69) is 10.6 Å². The number of hydrogen-bond acceptors (Lipinski definition) is 7. The molecule has 9 heteroatoms. The van der Waals surface area contributed by atoms with E-state index < -0.39 is 11.9 Å². The van der Waals surface area contributed by atoms with Crippen molar-refractivity contribution in [3.63, 3.8) is 0 Å². The monoisotopic (exact) mass is 553 g/mol. The highest BCUT2D eigenvalue weighted by Crippen LogP contribution is 2.32. The molecule has 218 valence electrons. The van der Waals surface area contributed by atoms with E-state index >= 15 is 0 Å². The summed E-state index contributed by atoms with van der Waals surface area (Å²) >= 11 is 0. The number of anilines is 1. The van der Waals surface area contributed by atoms with Crippen LogP contribution in [0.5, 0.6) is 5.75 Å². The fraction of sp³-hybridized carbons (Fsp3) is 0.548. The van der Waals surface area contributed by atoms with Crippen LogP contribution in [0.2, 0.25) is 0 Å². The van der Waals surface area contributed by atoms with Crippen molar-refractivity contribution >= 4 is 17.6 Å². The molecule has 2 aromatic rings. The summed E-state index contributed by atoms with van der Waals surface area (Å²) in [5, 5.41) is 16.4. The lowest BCUT2D eigenvalue weighted by Crippen LogP contribution is -2.35. The normalized spacial score (nSPS) is 16.9. The van der Waals surface area contributed by atoms with Crippen LogP contribution in [0.25, 0.3) is 0 Å². The number of fused-ring (bicyclic) bond motifs is 1. The van der Waals surface area contributed by atoms with Gasteiger partial charge in [0, 0.05) is 39.2 Å². The van der Waals surface area contributed by atoms with Crippen LogP contribution in [0.1, 0.15) is 75.2 Å². The van der Waals surface area contributed by atoms with Gasteiger partial charge in [0.15, 0.2) is 0 Å². The average molecular weight is 554 g/mol. The second kappa shape index (κ2) is 14.6. The Morgan fingerprint density at radius 2 is 1.85 bits per heavy atom. The molecule has 2 aliphatic rings. The van der Waals surface area contributed by atoms with E-state index in [0.29, 0.717) is 18.8 Å². The minimum atomic E-state index is -0.616. The lowest BCUT2D eigenvalue weighted by Gasteiger charge is -2.33. The summed E-state index contributed by atoms with van der Waals surface area (Å²) in [6.07, 6.45) is 6.63. The van der Waals surface area contributed by atoms with E-state index in [1.807, 2.05) is 50.2 Å². The fourth-order valence-corrected chi connectivity index (χ4v) is 4.90. The Balaban J connectivity index is 0.981. The maximum atomic E-state index is 11.9. The highest BCUT2D eigenvalue weighted by molar-refractivity contribution is 6.19. The second-order valence-electron chi connectivity index (χ2n) is 10.9. The molecule has 0 aromatic heterocycles. The molecule has 1 atom stereocenters. The zero-order valence-corrected chi connectivity index (χ0v) is 23.7. The van der Waals surface area contributed by atoms with E-state index in [1.54, 1.807) is 6.07 Å². The third kappa shape index (κ3) is 8.76. The lowest BCUT2D eigenvalue weighted by atomic mass is 10.0. The first kappa shape index (κ1) is 30.0. The number of unbranched alkanes of at least 4 members (excludes halogenated alkanes) is 4. The highest BCUT2D eigenvalue weighted by atomic mass is 16.7. The summed E-state index contributed by atoms with van der Waals surface area (Å²) in [5.41, 5.74) is 3.60. The number of aliphatic hydroxyl groups excluding tert-OH is 1. The van der Waals surface area contributed by atoms with Crippen LogP contribution in [0, 0.1) is 0 Å². The van der Waals surface area contributed by atoms with Gasteiger partial charge < -0.3 is 30.0 Å². The van der Waals surface area contributed by atoms with Gasteiger partial charge in [0.25, 0.3) is 5.91 Å². The van der Waals surface area contributed by atoms with Gasteiger partial charge in [0.05, 0.1) is 24.9 Å². The zero-order valence-electron chi connectivity index (χ0n) is 23.7. The predicted octanol–water partition coefficient (Wildman–Crippen LogP) is 4.61. The Morgan fingerprint density at radius 1 is 1.05 bits per heavy atom. The average Bonchev–Trinajstić information content (AvgIpc) is 3.28. The van der Waals surface area contributed by atoms with Crippen molar-refractivity contribution in [2.24, 2.45) is 0 Å². The number of aliphatic hydroxyl groups is 1. The highest BCUT2D eigenvalue weighted by Gasteiger charge is 2.30. The number of imide groups is 1. The molecular weight excluding hydrogens is 510 g/mol. The SMILES string of the molecule is CC1(C)OCc2cc([C@H](O)CNCCCCCOCCCCCc3cccc(N4C(=O)CNC4=O)c3)ccc2O1. The molecule has 9 nitrogen and oxygen atoms in total. The number of carbonyl (C=O) groups excluding carboxylic acids is 2. The molecule has 2 heterocycles. The smallest absolute Gasteiger partial charge is 0.329 e. The molecule has 4 rings (SSSR count). The van der Waals surface area contributed by atoms with Crippen molar-refractivity contribution in [2.45, 2.75) is 77.3 Å². The summed E-state index contributed by atoms with van der Waals surface area (Å²) in [4.78, 5) is 25.0. The van der Waals surface area contributed by atoms with E-state index in [-0.39, 0.29) is 18.5 Å². The summed E-state index contributed by atoms with van der Waals surface area (Å²) in [7, 11) is 0. The first-order chi connectivity index (χ1) is 19.3. The molecule has 2 aliphatic heterocycles. The van der Waals surface area contributed by atoms with Crippen molar-refractivity contribution in [1.29, 1.82) is 0 Å². The molecule has 0 bridgehead atoms. The van der Waals surface area contributed by atoms with Crippen LogP contribution >= 0.6 is 0 Å². The van der Waals surface area contributed by atoms with Gasteiger partial charge in [-0.15, -0.1) is 0 Å². The zero-order chi connectivity index (χ0) is 28.4. The second-order valence-corrected chi connectivity index (χ2v) is 10.9. The number of nitrogens with zero attached hydrogens (tertiary/aromatic N) is 1. The van der Waals surface area contributed by atoms with E-state index in [0.717, 1.165) is 87.1 Å². The lowest BCUT2D eigenvalue weighted by molar-refractivity contribution is -0.180. The Labute approximate surface area is 237 Å². The molecule has 1 saturated heterocycles. The van der Waals surface area contributed by atoms with Gasteiger partial charge in [-0.05, 0) is 80.5 Å². The Hall–Kier alpha value is -2.98. The van der Waals surface area contributed by atoms with Crippen molar-refractivity contribution < 1.29 is 28.9 Å². The van der Waals surface area contributed by atoms with Crippen LogP contribution in [-0.4, -0.2) is 55.7 Å². The number of rotatable bonds is 16. The number of urea groups is 1. The number of carbonyl (C=O) groups is 2. The third-order valence-corrected chi connectivity index (χ3v) is 7.15. The maximum Gasteiger partial charge on any atom is 0.329 e. The van der Waals surface area contributed by atoms with Crippen molar-refractivity contribution in [2.75, 3.05) is 37.7 Å². The van der Waals surface area contributed by atoms with Crippen LogP contribution < -0.4 is 20.3 Å². The molecule has 0 saturated carbocycles. The maximum absolute atomic E-state index is 11.9. The topological polar surface area (TPSA) is 109 Å². The van der Waals surface area contributed by atoms with Crippen molar-refractivity contribution in [3.05, 3.63) is 59.2 Å². The largest absolute Gasteiger partial charge is 0.463 e. The first-order valence-corrected chi connectivity index (χ1v) is 14.4. The molecule has 3 amide bonds. The molecule has 0 spiro atoms. The van der Waals surface area contributed by atoms with Gasteiger partial charge in [0.1, 0.15) is 5.75 Å². The number of aryl methyl sites for hydroxylation is 1. The summed E-state index contributed by atoms with van der Waals surface area (Å²) < 4.78 is 17.3. The van der Waals surface area contributed by atoms with Crippen LogP contribution in [0.4, 0.5) is 10.5 Å². The van der Waals surface area contributed by atoms with Gasteiger partial charge in [-0.2, -0.15) is 0 Å². The van der Waals surface area contributed by atoms with E-state index in [4.69, 9.17) is 14.2 Å². The van der Waals surface area contributed by atoms with E-state index in [1.165, 1.54) is 4.90 Å². The van der Waals surface area contributed by atoms with Gasteiger partial charge in [-0.25, -0.2) is 9.69 Å². The number of nitrogens with one attached hydrogen (secondary N) is 2. The third-order valence-electron chi connectivity index (χ3n) is 7.15. The Morgan fingerprint density at radius 3 is 2.62 bits per heavy atom. The van der Waals surface area contributed by atoms with E-state index in [9.17, 15) is 14.7 Å². The van der Waals surface area contributed by atoms with Crippen molar-refractivity contribution in [1.82, 2.24) is 10.6 Å². The molecule has 3 N–H and O–H groups in total. The molecular formula is C31H43N3O6. The summed E-state index contributed by atoms with van der Waals surface area (Å²) in [6.45, 7) is 7.24. The Kier molecular flexibility index (Phi) is 10.9. The number of amides is 3. The van der Waals surface area contributed by atoms with Gasteiger partial charge in [-0.1, -0.05) is 24.6 Å². The standard InChI is InChI=1S/C31H43N3O6/c1-31(2)39-22-25-19-24(13-14-28(25)40-31)27(35)20-32-15-6-4-8-17-38-16-7-3-5-10-23-11-9-12-26(18-23)34-29(36)21-33-30(34)37/h9,11-14,18-19,27,32,35H,3-8,10,15-17,20-22H2,1-2H3,(H,33,37)/t27-/m1/s1. The number of ether oxygens (including phenoxy) is 3. The minimum absolute atomic E-state index is 0.0621. The van der Waals surface area contributed by atoms with Crippen LogP contribution in [0.15, 0.2) is 42.5 Å². The summed E-state index contributed by atoms with van der Waals surface area (Å²) in [6, 6.07) is 13.1. The number of hydrogen-bond donors (Lipinski definition) is 3. The minimum Gasteiger partial charge on any atom is -0.463 e. The quantitative estimate of drug-likeness (QED) is 0.206. The van der Waals surface area contributed by atoms with Gasteiger partial charge in [0.2, 0.25) is 5.79 Å². The Bertz CT molecular complexity index is 1120. The van der Waals surface area contributed by atoms with Gasteiger partial charge in [-0.3, -0.25) is 4.79 Å². The molecule has 0 radical (unpaired) electrons. The molecule has 1 fully saturated rings. The van der Waals surface area contributed by atoms with Crippen LogP contribution in [-0.2, 0) is 27.3 Å².